The zero-order chi connectivity index (χ0) is 11.0. The number of carbonyl (C=O) groups excluding carboxylic acids is 1. The van der Waals surface area contributed by atoms with Crippen LogP contribution in [0, 0.1) is 5.82 Å². The van der Waals surface area contributed by atoms with E-state index in [-0.39, 0.29) is 16.4 Å². The van der Waals surface area contributed by atoms with Crippen LogP contribution in [0.1, 0.15) is 10.4 Å². The predicted molar refractivity (Wildman–Crippen MR) is 52.4 cm³/mol. The number of rotatable bonds is 1. The molecule has 4 nitrogen and oxygen atoms in total. The summed E-state index contributed by atoms with van der Waals surface area (Å²) in [4.78, 5) is 17.8. The van der Waals surface area contributed by atoms with Gasteiger partial charge in [0.2, 0.25) is 5.28 Å². The Morgan fingerprint density at radius 3 is 3.00 bits per heavy atom. The summed E-state index contributed by atoms with van der Waals surface area (Å²) in [5.74, 6) is -1.46. The molecule has 0 atom stereocenters. The molecule has 0 aliphatic carbocycles. The average molecular weight is 229 g/mol. The van der Waals surface area contributed by atoms with Crippen LogP contribution in [-0.4, -0.2) is 23.0 Å². The fraction of sp³-hybridized carbons (Fsp3) is 0.111. The molecule has 2 aromatic rings. The number of H-pyrrole nitrogens is 1. The smallest absolute Gasteiger partial charge is 0.343 e. The lowest BCUT2D eigenvalue weighted by atomic mass is 10.2. The molecular formula is C9H6ClFN2O2. The number of aromatic nitrogens is 2. The topological polar surface area (TPSA) is 55.0 Å². The highest BCUT2D eigenvalue weighted by molar-refractivity contribution is 6.29. The first-order valence-electron chi connectivity index (χ1n) is 4.05. The van der Waals surface area contributed by atoms with Crippen molar-refractivity contribution in [3.8, 4) is 0 Å². The molecule has 78 valence electrons. The molecule has 0 aliphatic rings. The van der Waals surface area contributed by atoms with Gasteiger partial charge in [-0.25, -0.2) is 14.2 Å². The van der Waals surface area contributed by atoms with Gasteiger partial charge < -0.3 is 9.72 Å². The van der Waals surface area contributed by atoms with Crippen molar-refractivity contribution in [2.75, 3.05) is 7.11 Å². The quantitative estimate of drug-likeness (QED) is 0.761. The standard InChI is InChI=1S/C9H6ClFN2O2/c1-15-8(14)6-4(11)2-3-5-7(6)13-9(10)12-5/h2-3H,1H3,(H,12,13). The van der Waals surface area contributed by atoms with E-state index in [4.69, 9.17) is 11.6 Å². The molecule has 15 heavy (non-hydrogen) atoms. The van der Waals surface area contributed by atoms with Gasteiger partial charge in [0, 0.05) is 0 Å². The minimum absolute atomic E-state index is 0.0979. The van der Waals surface area contributed by atoms with E-state index >= 15 is 0 Å². The predicted octanol–water partition coefficient (Wildman–Crippen LogP) is 2.14. The fourth-order valence-corrected chi connectivity index (χ4v) is 1.50. The Labute approximate surface area is 89.0 Å². The van der Waals surface area contributed by atoms with E-state index in [1.54, 1.807) is 0 Å². The van der Waals surface area contributed by atoms with E-state index in [2.05, 4.69) is 14.7 Å². The van der Waals surface area contributed by atoms with Gasteiger partial charge >= 0.3 is 5.97 Å². The molecular weight excluding hydrogens is 223 g/mol. The summed E-state index contributed by atoms with van der Waals surface area (Å²) >= 11 is 5.61. The van der Waals surface area contributed by atoms with Gasteiger partial charge in [0.05, 0.1) is 12.6 Å². The number of methoxy groups -OCH3 is 1. The monoisotopic (exact) mass is 228 g/mol. The SMILES string of the molecule is COC(=O)c1c(F)ccc2[nH]c(Cl)nc12. The van der Waals surface area contributed by atoms with Gasteiger partial charge in [-0.15, -0.1) is 0 Å². The normalized spacial score (nSPS) is 10.6. The second kappa shape index (κ2) is 3.51. The third kappa shape index (κ3) is 1.55. The first kappa shape index (κ1) is 9.92. The first-order valence-corrected chi connectivity index (χ1v) is 4.43. The van der Waals surface area contributed by atoms with Crippen molar-refractivity contribution < 1.29 is 13.9 Å². The zero-order valence-electron chi connectivity index (χ0n) is 7.67. The van der Waals surface area contributed by atoms with Gasteiger partial charge in [0.25, 0.3) is 0 Å². The maximum Gasteiger partial charge on any atom is 0.343 e. The minimum atomic E-state index is -0.777. The van der Waals surface area contributed by atoms with E-state index in [1.807, 2.05) is 0 Å². The summed E-state index contributed by atoms with van der Waals surface area (Å²) in [5.41, 5.74) is 0.451. The van der Waals surface area contributed by atoms with Crippen molar-refractivity contribution >= 4 is 28.6 Å². The van der Waals surface area contributed by atoms with Gasteiger partial charge in [-0.2, -0.15) is 0 Å². The van der Waals surface area contributed by atoms with E-state index in [0.717, 1.165) is 6.07 Å². The van der Waals surface area contributed by atoms with Gasteiger partial charge in [0.15, 0.2) is 0 Å². The molecule has 0 saturated carbocycles. The van der Waals surface area contributed by atoms with Gasteiger partial charge in [-0.05, 0) is 23.7 Å². The molecule has 0 aliphatic heterocycles. The highest BCUT2D eigenvalue weighted by Gasteiger charge is 2.18. The number of carbonyl (C=O) groups is 1. The van der Waals surface area contributed by atoms with Crippen molar-refractivity contribution in [1.82, 2.24) is 9.97 Å². The molecule has 0 amide bonds. The Morgan fingerprint density at radius 1 is 1.60 bits per heavy atom. The summed E-state index contributed by atoms with van der Waals surface area (Å²) in [6.45, 7) is 0. The molecule has 0 spiro atoms. The summed E-state index contributed by atoms with van der Waals surface area (Å²) in [7, 11) is 1.18. The molecule has 1 aromatic carbocycles. The van der Waals surface area contributed by atoms with Crippen LogP contribution in [0.5, 0.6) is 0 Å². The van der Waals surface area contributed by atoms with Crippen LogP contribution < -0.4 is 0 Å². The number of imidazole rings is 1. The Kier molecular flexibility index (Phi) is 2.32. The lowest BCUT2D eigenvalue weighted by molar-refractivity contribution is 0.0598. The minimum Gasteiger partial charge on any atom is -0.465 e. The number of nitrogens with one attached hydrogen (secondary N) is 1. The first-order chi connectivity index (χ1) is 7.13. The zero-order valence-corrected chi connectivity index (χ0v) is 8.43. The van der Waals surface area contributed by atoms with Crippen LogP contribution in [0.3, 0.4) is 0 Å². The van der Waals surface area contributed by atoms with Crippen molar-refractivity contribution in [3.63, 3.8) is 0 Å². The molecule has 1 aromatic heterocycles. The molecule has 6 heteroatoms. The average Bonchev–Trinajstić information content (AvgIpc) is 2.57. The summed E-state index contributed by atoms with van der Waals surface area (Å²) in [6, 6.07) is 2.61. The van der Waals surface area contributed by atoms with Crippen molar-refractivity contribution in [2.45, 2.75) is 0 Å². The molecule has 2 rings (SSSR count). The third-order valence-corrected chi connectivity index (χ3v) is 2.14. The van der Waals surface area contributed by atoms with Crippen LogP contribution in [0.15, 0.2) is 12.1 Å². The second-order valence-electron chi connectivity index (χ2n) is 2.84. The Balaban J connectivity index is 2.78. The lowest BCUT2D eigenvalue weighted by Crippen LogP contribution is -2.05. The molecule has 0 bridgehead atoms. The lowest BCUT2D eigenvalue weighted by Gasteiger charge is -2.00. The molecule has 0 radical (unpaired) electrons. The Bertz CT molecular complexity index is 538. The van der Waals surface area contributed by atoms with Crippen LogP contribution in [0.25, 0.3) is 11.0 Å². The Morgan fingerprint density at radius 2 is 2.33 bits per heavy atom. The van der Waals surface area contributed by atoms with E-state index < -0.39 is 11.8 Å². The summed E-state index contributed by atoms with van der Waals surface area (Å²) in [6.07, 6.45) is 0. The number of hydrogen-bond donors (Lipinski definition) is 1. The third-order valence-electron chi connectivity index (χ3n) is 1.96. The van der Waals surface area contributed by atoms with Crippen molar-refractivity contribution in [1.29, 1.82) is 0 Å². The van der Waals surface area contributed by atoms with Crippen molar-refractivity contribution in [3.05, 3.63) is 28.8 Å². The van der Waals surface area contributed by atoms with Crippen LogP contribution in [0.4, 0.5) is 4.39 Å². The van der Waals surface area contributed by atoms with Crippen LogP contribution in [-0.2, 0) is 4.74 Å². The molecule has 1 heterocycles. The number of nitrogens with zero attached hydrogens (tertiary/aromatic N) is 1. The van der Waals surface area contributed by atoms with E-state index in [0.29, 0.717) is 5.52 Å². The highest BCUT2D eigenvalue weighted by Crippen LogP contribution is 2.22. The summed E-state index contributed by atoms with van der Waals surface area (Å²) < 4.78 is 17.8. The summed E-state index contributed by atoms with van der Waals surface area (Å²) in [5, 5.41) is 0.0979. The van der Waals surface area contributed by atoms with E-state index in [9.17, 15) is 9.18 Å². The fourth-order valence-electron chi connectivity index (χ4n) is 1.32. The molecule has 0 fully saturated rings. The molecule has 1 N–H and O–H groups in total. The van der Waals surface area contributed by atoms with E-state index in [1.165, 1.54) is 13.2 Å². The number of aromatic amines is 1. The number of benzene rings is 1. The molecule has 0 saturated heterocycles. The Hall–Kier alpha value is -1.62. The van der Waals surface area contributed by atoms with Gasteiger partial charge in [0.1, 0.15) is 16.9 Å². The van der Waals surface area contributed by atoms with Crippen molar-refractivity contribution in [2.24, 2.45) is 0 Å². The van der Waals surface area contributed by atoms with Gasteiger partial charge in [-0.1, -0.05) is 0 Å². The maximum atomic E-state index is 13.4. The maximum absolute atomic E-state index is 13.4. The number of fused-ring (bicyclic) bond motifs is 1. The number of hydrogen-bond acceptors (Lipinski definition) is 3. The largest absolute Gasteiger partial charge is 0.465 e. The van der Waals surface area contributed by atoms with Crippen LogP contribution >= 0.6 is 11.6 Å². The number of esters is 1. The highest BCUT2D eigenvalue weighted by atomic mass is 35.5. The van der Waals surface area contributed by atoms with Crippen LogP contribution in [0.2, 0.25) is 5.28 Å². The van der Waals surface area contributed by atoms with Gasteiger partial charge in [-0.3, -0.25) is 0 Å². The second-order valence-corrected chi connectivity index (χ2v) is 3.20. The number of ether oxygens (including phenoxy) is 1. The molecule has 0 unspecified atom stereocenters. The number of halogens is 2.